The predicted octanol–water partition coefficient (Wildman–Crippen LogP) is 4.62. The summed E-state index contributed by atoms with van der Waals surface area (Å²) in [6.45, 7) is 1.13. The molecule has 10 heteroatoms. The lowest BCUT2D eigenvalue weighted by molar-refractivity contribution is -0.141. The highest BCUT2D eigenvalue weighted by atomic mass is 19.4. The average Bonchev–Trinajstić information content (AvgIpc) is 2.96. The topological polar surface area (TPSA) is 42.7 Å². The van der Waals surface area contributed by atoms with Crippen LogP contribution in [0.25, 0.3) is 5.69 Å². The number of nitrogens with one attached hydrogen (secondary N) is 1. The standard InChI is InChI=1S/C17H12F6N4/c1-9-26-15(17(21,22)23)8-27(9)11-2-3-16(24-6-11)25-7-12-13(19)4-10(18)5-14(12)20/h2-6,8H,7H2,1H3,(H,24,25). The van der Waals surface area contributed by atoms with Gasteiger partial charge in [0.1, 0.15) is 29.1 Å². The van der Waals surface area contributed by atoms with Crippen molar-refractivity contribution >= 4 is 5.82 Å². The lowest BCUT2D eigenvalue weighted by Gasteiger charge is -2.09. The van der Waals surface area contributed by atoms with Crippen LogP contribution in [0.5, 0.6) is 0 Å². The Kier molecular flexibility index (Phi) is 4.81. The molecule has 0 aliphatic carbocycles. The van der Waals surface area contributed by atoms with Crippen LogP contribution in [-0.2, 0) is 12.7 Å². The minimum absolute atomic E-state index is 0.125. The first kappa shape index (κ1) is 18.7. The highest BCUT2D eigenvalue weighted by molar-refractivity contribution is 5.42. The Morgan fingerprint density at radius 2 is 1.74 bits per heavy atom. The molecule has 0 radical (unpaired) electrons. The normalized spacial score (nSPS) is 11.7. The van der Waals surface area contributed by atoms with Crippen molar-refractivity contribution in [3.63, 3.8) is 0 Å². The van der Waals surface area contributed by atoms with Crippen molar-refractivity contribution in [3.05, 3.63) is 71.2 Å². The van der Waals surface area contributed by atoms with Gasteiger partial charge in [-0.25, -0.2) is 23.1 Å². The summed E-state index contributed by atoms with van der Waals surface area (Å²) in [4.78, 5) is 7.46. The third-order valence-corrected chi connectivity index (χ3v) is 3.75. The van der Waals surface area contributed by atoms with E-state index >= 15 is 0 Å². The summed E-state index contributed by atoms with van der Waals surface area (Å²) in [6, 6.07) is 4.04. The van der Waals surface area contributed by atoms with Gasteiger partial charge in [-0.15, -0.1) is 0 Å². The van der Waals surface area contributed by atoms with Crippen LogP contribution in [0.3, 0.4) is 0 Å². The molecular weight excluding hydrogens is 374 g/mol. The van der Waals surface area contributed by atoms with Crippen LogP contribution in [0.15, 0.2) is 36.7 Å². The lowest BCUT2D eigenvalue weighted by Crippen LogP contribution is -2.07. The first-order valence-electron chi connectivity index (χ1n) is 7.62. The molecule has 1 N–H and O–H groups in total. The second-order valence-electron chi connectivity index (χ2n) is 5.64. The predicted molar refractivity (Wildman–Crippen MR) is 84.7 cm³/mol. The number of aryl methyl sites for hydroxylation is 1. The van der Waals surface area contributed by atoms with Crippen molar-refractivity contribution in [1.82, 2.24) is 14.5 Å². The second kappa shape index (κ2) is 6.93. The molecular formula is C17H12F6N4. The van der Waals surface area contributed by atoms with Gasteiger partial charge >= 0.3 is 6.18 Å². The van der Waals surface area contributed by atoms with Crippen molar-refractivity contribution in [1.29, 1.82) is 0 Å². The highest BCUT2D eigenvalue weighted by Gasteiger charge is 2.34. The molecule has 4 nitrogen and oxygen atoms in total. The van der Waals surface area contributed by atoms with Crippen LogP contribution in [0.2, 0.25) is 0 Å². The van der Waals surface area contributed by atoms with Gasteiger partial charge in [0.2, 0.25) is 0 Å². The van der Waals surface area contributed by atoms with Gasteiger partial charge in [0, 0.05) is 30.4 Å². The molecule has 2 aromatic heterocycles. The largest absolute Gasteiger partial charge is 0.434 e. The summed E-state index contributed by atoms with van der Waals surface area (Å²) in [5.41, 5.74) is -1.05. The molecule has 142 valence electrons. The summed E-state index contributed by atoms with van der Waals surface area (Å²) in [5.74, 6) is -2.74. The summed E-state index contributed by atoms with van der Waals surface area (Å²) in [6.07, 6.45) is -2.43. The minimum Gasteiger partial charge on any atom is -0.366 e. The zero-order valence-electron chi connectivity index (χ0n) is 13.8. The first-order chi connectivity index (χ1) is 12.6. The Balaban J connectivity index is 1.76. The average molecular weight is 386 g/mol. The molecule has 3 aromatic rings. The van der Waals surface area contributed by atoms with Crippen LogP contribution in [0, 0.1) is 24.4 Å². The summed E-state index contributed by atoms with van der Waals surface area (Å²) in [5, 5.41) is 2.67. The van der Waals surface area contributed by atoms with E-state index in [9.17, 15) is 26.3 Å². The number of halogens is 6. The van der Waals surface area contributed by atoms with Gasteiger partial charge in [-0.1, -0.05) is 0 Å². The number of anilines is 1. The van der Waals surface area contributed by atoms with Crippen LogP contribution >= 0.6 is 0 Å². The van der Waals surface area contributed by atoms with Crippen molar-refractivity contribution in [2.24, 2.45) is 0 Å². The number of nitrogens with zero attached hydrogens (tertiary/aromatic N) is 3. The fourth-order valence-corrected chi connectivity index (χ4v) is 2.42. The third kappa shape index (κ3) is 4.04. The summed E-state index contributed by atoms with van der Waals surface area (Å²) in [7, 11) is 0. The molecule has 0 saturated heterocycles. The Labute approximate surface area is 149 Å². The molecule has 0 saturated carbocycles. The zero-order chi connectivity index (χ0) is 19.8. The number of hydrogen-bond acceptors (Lipinski definition) is 3. The van der Waals surface area contributed by atoms with Crippen LogP contribution in [0.4, 0.5) is 32.2 Å². The lowest BCUT2D eigenvalue weighted by atomic mass is 10.2. The molecule has 2 heterocycles. The number of hydrogen-bond donors (Lipinski definition) is 1. The van der Waals surface area contributed by atoms with Crippen LogP contribution < -0.4 is 5.32 Å². The van der Waals surface area contributed by atoms with Gasteiger partial charge in [-0.2, -0.15) is 13.2 Å². The van der Waals surface area contributed by atoms with E-state index in [4.69, 9.17) is 0 Å². The molecule has 0 aliphatic heterocycles. The van der Waals surface area contributed by atoms with Gasteiger partial charge < -0.3 is 9.88 Å². The van der Waals surface area contributed by atoms with Crippen LogP contribution in [-0.4, -0.2) is 14.5 Å². The SMILES string of the molecule is Cc1nc(C(F)(F)F)cn1-c1ccc(NCc2c(F)cc(F)cc2F)nc1. The molecule has 0 spiro atoms. The van der Waals surface area contributed by atoms with Crippen molar-refractivity contribution in [3.8, 4) is 5.69 Å². The molecule has 1 aromatic carbocycles. The summed E-state index contributed by atoms with van der Waals surface area (Å²) >= 11 is 0. The third-order valence-electron chi connectivity index (χ3n) is 3.75. The molecule has 0 amide bonds. The number of alkyl halides is 3. The number of pyridine rings is 1. The maximum atomic E-state index is 13.6. The molecule has 0 bridgehead atoms. The second-order valence-corrected chi connectivity index (χ2v) is 5.64. The smallest absolute Gasteiger partial charge is 0.366 e. The molecule has 0 atom stereocenters. The Hall–Kier alpha value is -3.04. The van der Waals surface area contributed by atoms with Crippen molar-refractivity contribution in [2.45, 2.75) is 19.6 Å². The number of imidazole rings is 1. The highest BCUT2D eigenvalue weighted by Crippen LogP contribution is 2.29. The van der Waals surface area contributed by atoms with Gasteiger partial charge in [-0.05, 0) is 19.1 Å². The van der Waals surface area contributed by atoms with Crippen molar-refractivity contribution in [2.75, 3.05) is 5.32 Å². The molecule has 3 rings (SSSR count). The maximum absolute atomic E-state index is 13.6. The van der Waals surface area contributed by atoms with Gasteiger partial charge in [0.25, 0.3) is 0 Å². The van der Waals surface area contributed by atoms with E-state index in [-0.39, 0.29) is 23.8 Å². The van der Waals surface area contributed by atoms with E-state index in [1.54, 1.807) is 0 Å². The Morgan fingerprint density at radius 3 is 2.26 bits per heavy atom. The Morgan fingerprint density at radius 1 is 1.07 bits per heavy atom. The number of aromatic nitrogens is 3. The fourth-order valence-electron chi connectivity index (χ4n) is 2.42. The zero-order valence-corrected chi connectivity index (χ0v) is 13.8. The van der Waals surface area contributed by atoms with E-state index < -0.39 is 29.3 Å². The molecule has 0 unspecified atom stereocenters. The van der Waals surface area contributed by atoms with E-state index in [1.807, 2.05) is 0 Å². The van der Waals surface area contributed by atoms with Gasteiger partial charge in [0.05, 0.1) is 11.9 Å². The minimum atomic E-state index is -4.56. The summed E-state index contributed by atoms with van der Waals surface area (Å²) < 4.78 is 79.5. The monoisotopic (exact) mass is 386 g/mol. The quantitative estimate of drug-likeness (QED) is 0.666. The van der Waals surface area contributed by atoms with E-state index in [0.717, 1.165) is 6.20 Å². The van der Waals surface area contributed by atoms with Crippen LogP contribution in [0.1, 0.15) is 17.1 Å². The van der Waals surface area contributed by atoms with E-state index in [0.29, 0.717) is 17.8 Å². The first-order valence-corrected chi connectivity index (χ1v) is 7.62. The molecule has 0 aliphatic rings. The van der Waals surface area contributed by atoms with E-state index in [1.165, 1.54) is 29.8 Å². The number of benzene rings is 1. The fraction of sp³-hybridized carbons (Fsp3) is 0.176. The van der Waals surface area contributed by atoms with Crippen molar-refractivity contribution < 1.29 is 26.3 Å². The Bertz CT molecular complexity index is 940. The maximum Gasteiger partial charge on any atom is 0.434 e. The van der Waals surface area contributed by atoms with Gasteiger partial charge in [0.15, 0.2) is 5.69 Å². The molecule has 0 fully saturated rings. The van der Waals surface area contributed by atoms with E-state index in [2.05, 4.69) is 15.3 Å². The number of rotatable bonds is 4. The van der Waals surface area contributed by atoms with Gasteiger partial charge in [-0.3, -0.25) is 0 Å². The molecule has 27 heavy (non-hydrogen) atoms.